The van der Waals surface area contributed by atoms with E-state index in [0.717, 1.165) is 16.8 Å². The highest BCUT2D eigenvalue weighted by Gasteiger charge is 2.03. The van der Waals surface area contributed by atoms with Crippen molar-refractivity contribution in [3.8, 4) is 11.6 Å². The third kappa shape index (κ3) is 5.07. The molecule has 0 aliphatic heterocycles. The van der Waals surface area contributed by atoms with Gasteiger partial charge in [0.2, 0.25) is 5.88 Å². The summed E-state index contributed by atoms with van der Waals surface area (Å²) < 4.78 is 5.69. The molecular formula is C20H19N3O2. The Morgan fingerprint density at radius 1 is 1.04 bits per heavy atom. The third-order valence-corrected chi connectivity index (χ3v) is 3.52. The van der Waals surface area contributed by atoms with Crippen molar-refractivity contribution in [2.75, 3.05) is 5.32 Å². The highest BCUT2D eigenvalue weighted by atomic mass is 16.5. The van der Waals surface area contributed by atoms with Crippen LogP contribution >= 0.6 is 0 Å². The maximum Gasteiger partial charge on any atom is 0.319 e. The minimum Gasteiger partial charge on any atom is -0.439 e. The zero-order chi connectivity index (χ0) is 17.5. The molecule has 0 radical (unpaired) electrons. The number of anilines is 1. The van der Waals surface area contributed by atoms with E-state index in [1.54, 1.807) is 12.3 Å². The number of pyridine rings is 1. The van der Waals surface area contributed by atoms with Gasteiger partial charge in [0.1, 0.15) is 5.75 Å². The number of carbonyl (C=O) groups excluding carboxylic acids is 1. The summed E-state index contributed by atoms with van der Waals surface area (Å²) in [7, 11) is 0. The van der Waals surface area contributed by atoms with E-state index in [-0.39, 0.29) is 6.03 Å². The SMILES string of the molecule is Cc1ccc(NC(=O)NCc2cccc(Oc3ccccn3)c2)cc1. The van der Waals surface area contributed by atoms with Crippen molar-refractivity contribution in [2.45, 2.75) is 13.5 Å². The number of urea groups is 1. The quantitative estimate of drug-likeness (QED) is 0.722. The van der Waals surface area contributed by atoms with Crippen LogP contribution in [0.2, 0.25) is 0 Å². The van der Waals surface area contributed by atoms with Gasteiger partial charge in [-0.3, -0.25) is 0 Å². The minimum absolute atomic E-state index is 0.250. The predicted octanol–water partition coefficient (Wildman–Crippen LogP) is 4.50. The van der Waals surface area contributed by atoms with Crippen LogP contribution in [0, 0.1) is 6.92 Å². The summed E-state index contributed by atoms with van der Waals surface area (Å²) in [5.74, 6) is 1.21. The molecule has 0 fully saturated rings. The second-order valence-electron chi connectivity index (χ2n) is 5.59. The molecule has 2 aromatic carbocycles. The molecule has 0 unspecified atom stereocenters. The van der Waals surface area contributed by atoms with Gasteiger partial charge in [0.15, 0.2) is 0 Å². The summed E-state index contributed by atoms with van der Waals surface area (Å²) in [6.07, 6.45) is 1.68. The van der Waals surface area contributed by atoms with Crippen LogP contribution in [0.25, 0.3) is 0 Å². The molecule has 0 bridgehead atoms. The van der Waals surface area contributed by atoms with Gasteiger partial charge in [-0.1, -0.05) is 35.9 Å². The molecule has 1 heterocycles. The van der Waals surface area contributed by atoms with Crippen LogP contribution in [0.5, 0.6) is 11.6 Å². The zero-order valence-electron chi connectivity index (χ0n) is 13.9. The average molecular weight is 333 g/mol. The van der Waals surface area contributed by atoms with Crippen LogP contribution < -0.4 is 15.4 Å². The number of rotatable bonds is 5. The Bertz CT molecular complexity index is 833. The Kier molecular flexibility index (Phi) is 5.26. The number of hydrogen-bond donors (Lipinski definition) is 2. The van der Waals surface area contributed by atoms with Gasteiger partial charge < -0.3 is 15.4 Å². The van der Waals surface area contributed by atoms with Gasteiger partial charge in [0.25, 0.3) is 0 Å². The average Bonchev–Trinajstić information content (AvgIpc) is 2.63. The molecule has 0 aliphatic rings. The van der Waals surface area contributed by atoms with E-state index in [2.05, 4.69) is 15.6 Å². The molecule has 5 nitrogen and oxygen atoms in total. The van der Waals surface area contributed by atoms with E-state index in [9.17, 15) is 4.79 Å². The fraction of sp³-hybridized carbons (Fsp3) is 0.100. The zero-order valence-corrected chi connectivity index (χ0v) is 13.9. The van der Waals surface area contributed by atoms with Gasteiger partial charge in [-0.15, -0.1) is 0 Å². The number of nitrogens with zero attached hydrogens (tertiary/aromatic N) is 1. The minimum atomic E-state index is -0.250. The Labute approximate surface area is 146 Å². The van der Waals surface area contributed by atoms with Crippen LogP contribution in [0.3, 0.4) is 0 Å². The van der Waals surface area contributed by atoms with Gasteiger partial charge in [-0.25, -0.2) is 9.78 Å². The van der Waals surface area contributed by atoms with Crippen LogP contribution in [0.1, 0.15) is 11.1 Å². The van der Waals surface area contributed by atoms with Gasteiger partial charge in [0, 0.05) is 24.5 Å². The van der Waals surface area contributed by atoms with Gasteiger partial charge >= 0.3 is 6.03 Å². The van der Waals surface area contributed by atoms with E-state index < -0.39 is 0 Å². The Balaban J connectivity index is 1.55. The lowest BCUT2D eigenvalue weighted by molar-refractivity contribution is 0.251. The summed E-state index contributed by atoms with van der Waals surface area (Å²) in [6, 6.07) is 20.4. The topological polar surface area (TPSA) is 63.2 Å². The second kappa shape index (κ2) is 7.97. The molecule has 1 aromatic heterocycles. The van der Waals surface area contributed by atoms with Crippen molar-refractivity contribution in [1.82, 2.24) is 10.3 Å². The first kappa shape index (κ1) is 16.5. The lowest BCUT2D eigenvalue weighted by Crippen LogP contribution is -2.28. The third-order valence-electron chi connectivity index (χ3n) is 3.52. The monoisotopic (exact) mass is 333 g/mol. The summed E-state index contributed by atoms with van der Waals surface area (Å²) in [4.78, 5) is 16.1. The molecule has 0 atom stereocenters. The predicted molar refractivity (Wildman–Crippen MR) is 97.8 cm³/mol. The maximum atomic E-state index is 12.0. The van der Waals surface area contributed by atoms with Crippen LogP contribution in [-0.4, -0.2) is 11.0 Å². The summed E-state index contributed by atoms with van der Waals surface area (Å²) in [5, 5.41) is 5.63. The first-order chi connectivity index (χ1) is 12.2. The Morgan fingerprint density at radius 2 is 1.88 bits per heavy atom. The molecule has 0 aliphatic carbocycles. The standard InChI is InChI=1S/C20H19N3O2/c1-15-8-10-17(11-9-15)23-20(24)22-14-16-5-4-6-18(13-16)25-19-7-2-3-12-21-19/h2-13H,14H2,1H3,(H2,22,23,24). The van der Waals surface area contributed by atoms with Crippen LogP contribution in [0.4, 0.5) is 10.5 Å². The van der Waals surface area contributed by atoms with Crippen molar-refractivity contribution in [3.63, 3.8) is 0 Å². The number of hydrogen-bond acceptors (Lipinski definition) is 3. The fourth-order valence-corrected chi connectivity index (χ4v) is 2.24. The number of nitrogens with one attached hydrogen (secondary N) is 2. The van der Waals surface area contributed by atoms with E-state index >= 15 is 0 Å². The molecule has 3 rings (SSSR count). The largest absolute Gasteiger partial charge is 0.439 e. The van der Waals surface area contributed by atoms with Crippen molar-refractivity contribution in [3.05, 3.63) is 84.1 Å². The number of benzene rings is 2. The first-order valence-corrected chi connectivity index (χ1v) is 7.98. The molecule has 25 heavy (non-hydrogen) atoms. The first-order valence-electron chi connectivity index (χ1n) is 7.98. The smallest absolute Gasteiger partial charge is 0.319 e. The van der Waals surface area contributed by atoms with E-state index in [4.69, 9.17) is 4.74 Å². The summed E-state index contributed by atoms with van der Waals surface area (Å²) in [6.45, 7) is 2.40. The maximum absolute atomic E-state index is 12.0. The molecule has 3 aromatic rings. The molecule has 0 saturated carbocycles. The lowest BCUT2D eigenvalue weighted by Gasteiger charge is -2.09. The molecule has 0 spiro atoms. The van der Waals surface area contributed by atoms with Gasteiger partial charge in [-0.05, 0) is 42.8 Å². The molecule has 0 saturated heterocycles. The van der Waals surface area contributed by atoms with Crippen molar-refractivity contribution in [1.29, 1.82) is 0 Å². The number of ether oxygens (including phenoxy) is 1. The summed E-state index contributed by atoms with van der Waals surface area (Å²) >= 11 is 0. The number of carbonyl (C=O) groups is 1. The van der Waals surface area contributed by atoms with Crippen molar-refractivity contribution < 1.29 is 9.53 Å². The van der Waals surface area contributed by atoms with Gasteiger partial charge in [-0.2, -0.15) is 0 Å². The molecule has 5 heteroatoms. The normalized spacial score (nSPS) is 10.1. The Morgan fingerprint density at radius 3 is 2.64 bits per heavy atom. The van der Waals surface area contributed by atoms with Crippen molar-refractivity contribution >= 4 is 11.7 Å². The number of aromatic nitrogens is 1. The van der Waals surface area contributed by atoms with Crippen LogP contribution in [-0.2, 0) is 6.54 Å². The molecule has 2 amide bonds. The highest BCUT2D eigenvalue weighted by molar-refractivity contribution is 5.89. The van der Waals surface area contributed by atoms with Crippen molar-refractivity contribution in [2.24, 2.45) is 0 Å². The lowest BCUT2D eigenvalue weighted by atomic mass is 10.2. The molecule has 2 N–H and O–H groups in total. The van der Waals surface area contributed by atoms with E-state index in [1.807, 2.05) is 67.6 Å². The van der Waals surface area contributed by atoms with E-state index in [1.165, 1.54) is 0 Å². The summed E-state index contributed by atoms with van der Waals surface area (Å²) in [5.41, 5.74) is 2.85. The van der Waals surface area contributed by atoms with Gasteiger partial charge in [0.05, 0.1) is 0 Å². The second-order valence-corrected chi connectivity index (χ2v) is 5.59. The number of aryl methyl sites for hydroxylation is 1. The molecule has 126 valence electrons. The van der Waals surface area contributed by atoms with Crippen LogP contribution in [0.15, 0.2) is 72.9 Å². The number of amides is 2. The molecular weight excluding hydrogens is 314 g/mol. The fourth-order valence-electron chi connectivity index (χ4n) is 2.24. The Hall–Kier alpha value is -3.34. The highest BCUT2D eigenvalue weighted by Crippen LogP contribution is 2.20. The van der Waals surface area contributed by atoms with E-state index in [0.29, 0.717) is 18.2 Å².